The van der Waals surface area contributed by atoms with E-state index in [9.17, 15) is 9.59 Å². The number of ether oxygens (including phenoxy) is 1. The number of carbonyl (C=O) groups excluding carboxylic acids is 2. The molecule has 1 atom stereocenters. The first-order valence-electron chi connectivity index (χ1n) is 9.23. The largest absolute Gasteiger partial charge is 0.451 e. The smallest absolute Gasteiger partial charge is 0.356 e. The van der Waals surface area contributed by atoms with Crippen molar-refractivity contribution in [1.29, 1.82) is 0 Å². The zero-order valence-electron chi connectivity index (χ0n) is 15.9. The van der Waals surface area contributed by atoms with Gasteiger partial charge in [-0.15, -0.1) is 0 Å². The van der Waals surface area contributed by atoms with Gasteiger partial charge in [-0.2, -0.15) is 5.10 Å². The number of rotatable bonds is 7. The highest BCUT2D eigenvalue weighted by molar-refractivity contribution is 5.90. The number of aromatic amines is 1. The molecular weight excluding hydrogens is 354 g/mol. The molecule has 1 aromatic heterocycles. The molecule has 3 aromatic rings. The first-order chi connectivity index (χ1) is 13.6. The van der Waals surface area contributed by atoms with Crippen LogP contribution in [0.5, 0.6) is 0 Å². The lowest BCUT2D eigenvalue weighted by molar-refractivity contribution is -0.124. The highest BCUT2D eigenvalue weighted by Gasteiger charge is 2.15. The Bertz CT molecular complexity index is 933. The minimum absolute atomic E-state index is 0.172. The van der Waals surface area contributed by atoms with Gasteiger partial charge in [0.05, 0.1) is 11.7 Å². The first-order valence-corrected chi connectivity index (χ1v) is 9.23. The summed E-state index contributed by atoms with van der Waals surface area (Å²) in [4.78, 5) is 24.2. The summed E-state index contributed by atoms with van der Waals surface area (Å²) in [6.45, 7) is 3.63. The van der Waals surface area contributed by atoms with Crippen LogP contribution in [0.1, 0.15) is 41.5 Å². The van der Waals surface area contributed by atoms with Gasteiger partial charge < -0.3 is 10.1 Å². The first kappa shape index (κ1) is 19.4. The normalized spacial score (nSPS) is 11.6. The molecule has 3 rings (SSSR count). The van der Waals surface area contributed by atoms with Crippen LogP contribution < -0.4 is 5.32 Å². The van der Waals surface area contributed by atoms with Crippen molar-refractivity contribution in [2.24, 2.45) is 0 Å². The zero-order chi connectivity index (χ0) is 19.9. The number of hydrogen-bond donors (Lipinski definition) is 2. The molecular formula is C22H23N3O3. The predicted molar refractivity (Wildman–Crippen MR) is 107 cm³/mol. The fraction of sp³-hybridized carbons (Fsp3) is 0.227. The molecule has 0 spiro atoms. The molecule has 6 heteroatoms. The maximum Gasteiger partial charge on any atom is 0.356 e. The Morgan fingerprint density at radius 1 is 1.11 bits per heavy atom. The van der Waals surface area contributed by atoms with E-state index < -0.39 is 5.97 Å². The molecule has 0 bridgehead atoms. The standard InChI is InChI=1S/C22H23N3O3/c1-3-16-9-11-17(12-10-16)15(2)23-21(26)14-28-22(27)20-13-19(24-25-20)18-7-5-4-6-8-18/h4-13,15H,3,14H2,1-2H3,(H,23,26)(H,24,25)/t15-/m1/s1. The van der Waals surface area contributed by atoms with Gasteiger partial charge in [-0.1, -0.05) is 61.5 Å². The lowest BCUT2D eigenvalue weighted by atomic mass is 10.1. The van der Waals surface area contributed by atoms with E-state index in [1.165, 1.54) is 5.56 Å². The summed E-state index contributed by atoms with van der Waals surface area (Å²) < 4.78 is 5.09. The van der Waals surface area contributed by atoms with Crippen molar-refractivity contribution < 1.29 is 14.3 Å². The molecule has 1 amide bonds. The van der Waals surface area contributed by atoms with Crippen molar-refractivity contribution in [3.05, 3.63) is 77.5 Å². The van der Waals surface area contributed by atoms with Gasteiger partial charge in [-0.25, -0.2) is 4.79 Å². The summed E-state index contributed by atoms with van der Waals surface area (Å²) in [6, 6.07) is 19.0. The van der Waals surface area contributed by atoms with Gasteiger partial charge in [-0.3, -0.25) is 9.89 Å². The summed E-state index contributed by atoms with van der Waals surface area (Å²) in [6.07, 6.45) is 0.969. The van der Waals surface area contributed by atoms with Crippen LogP contribution >= 0.6 is 0 Å². The van der Waals surface area contributed by atoms with Crippen LogP contribution in [0.3, 0.4) is 0 Å². The van der Waals surface area contributed by atoms with Crippen molar-refractivity contribution in [3.8, 4) is 11.3 Å². The fourth-order valence-corrected chi connectivity index (χ4v) is 2.80. The van der Waals surface area contributed by atoms with Crippen molar-refractivity contribution in [3.63, 3.8) is 0 Å². The second-order valence-electron chi connectivity index (χ2n) is 6.49. The van der Waals surface area contributed by atoms with Crippen LogP contribution in [0.25, 0.3) is 11.3 Å². The Balaban J connectivity index is 1.51. The van der Waals surface area contributed by atoms with Crippen LogP contribution in [0, 0.1) is 0 Å². The van der Waals surface area contributed by atoms with Crippen LogP contribution in [-0.4, -0.2) is 28.7 Å². The van der Waals surface area contributed by atoms with Crippen molar-refractivity contribution >= 4 is 11.9 Å². The minimum atomic E-state index is -0.621. The predicted octanol–water partition coefficient (Wildman–Crippen LogP) is 3.67. The summed E-state index contributed by atoms with van der Waals surface area (Å²) in [7, 11) is 0. The van der Waals surface area contributed by atoms with E-state index in [2.05, 4.69) is 22.4 Å². The lowest BCUT2D eigenvalue weighted by Crippen LogP contribution is -2.31. The average molecular weight is 377 g/mol. The molecule has 0 unspecified atom stereocenters. The van der Waals surface area contributed by atoms with Gasteiger partial charge in [0.25, 0.3) is 5.91 Å². The van der Waals surface area contributed by atoms with E-state index in [1.807, 2.05) is 61.5 Å². The maximum atomic E-state index is 12.1. The topological polar surface area (TPSA) is 84.1 Å². The number of nitrogens with one attached hydrogen (secondary N) is 2. The van der Waals surface area contributed by atoms with Gasteiger partial charge in [0.1, 0.15) is 5.69 Å². The fourth-order valence-electron chi connectivity index (χ4n) is 2.80. The number of H-pyrrole nitrogens is 1. The third kappa shape index (κ3) is 4.85. The highest BCUT2D eigenvalue weighted by atomic mass is 16.5. The van der Waals surface area contributed by atoms with E-state index >= 15 is 0 Å². The highest BCUT2D eigenvalue weighted by Crippen LogP contribution is 2.17. The Morgan fingerprint density at radius 3 is 2.50 bits per heavy atom. The van der Waals surface area contributed by atoms with E-state index in [0.717, 1.165) is 17.5 Å². The molecule has 0 saturated heterocycles. The van der Waals surface area contributed by atoms with E-state index in [1.54, 1.807) is 6.07 Å². The monoisotopic (exact) mass is 377 g/mol. The second-order valence-corrected chi connectivity index (χ2v) is 6.49. The van der Waals surface area contributed by atoms with Crippen LogP contribution in [-0.2, 0) is 16.0 Å². The molecule has 0 aliphatic carbocycles. The molecule has 0 aliphatic heterocycles. The molecule has 2 aromatic carbocycles. The van der Waals surface area contributed by atoms with Crippen LogP contribution in [0.4, 0.5) is 0 Å². The molecule has 0 radical (unpaired) electrons. The number of benzene rings is 2. The van der Waals surface area contributed by atoms with Gasteiger partial charge >= 0.3 is 5.97 Å². The molecule has 144 valence electrons. The lowest BCUT2D eigenvalue weighted by Gasteiger charge is -2.14. The number of aromatic nitrogens is 2. The molecule has 6 nitrogen and oxygen atoms in total. The zero-order valence-corrected chi connectivity index (χ0v) is 15.9. The van der Waals surface area contributed by atoms with Crippen molar-refractivity contribution in [2.45, 2.75) is 26.3 Å². The molecule has 28 heavy (non-hydrogen) atoms. The van der Waals surface area contributed by atoms with Crippen LogP contribution in [0.2, 0.25) is 0 Å². The summed E-state index contributed by atoms with van der Waals surface area (Å²) >= 11 is 0. The SMILES string of the molecule is CCc1ccc([C@@H](C)NC(=O)COC(=O)c2cc(-c3ccccc3)n[nH]2)cc1. The summed E-state index contributed by atoms with van der Waals surface area (Å²) in [5.41, 5.74) is 3.97. The summed E-state index contributed by atoms with van der Waals surface area (Å²) in [5.74, 6) is -0.979. The quantitative estimate of drug-likeness (QED) is 0.615. The van der Waals surface area contributed by atoms with E-state index in [-0.39, 0.29) is 24.2 Å². The Labute approximate surface area is 163 Å². The number of amides is 1. The van der Waals surface area contributed by atoms with Crippen molar-refractivity contribution in [1.82, 2.24) is 15.5 Å². The molecule has 1 heterocycles. The van der Waals surface area contributed by atoms with Crippen molar-refractivity contribution in [2.75, 3.05) is 6.61 Å². The van der Waals surface area contributed by atoms with Gasteiger partial charge in [0, 0.05) is 5.56 Å². The molecule has 0 fully saturated rings. The average Bonchev–Trinajstić information content (AvgIpc) is 3.23. The maximum absolute atomic E-state index is 12.1. The van der Waals surface area contributed by atoms with Crippen LogP contribution in [0.15, 0.2) is 60.7 Å². The van der Waals surface area contributed by atoms with Gasteiger partial charge in [0.2, 0.25) is 0 Å². The number of carbonyl (C=O) groups is 2. The van der Waals surface area contributed by atoms with Gasteiger partial charge in [0.15, 0.2) is 6.61 Å². The number of aryl methyl sites for hydroxylation is 1. The van der Waals surface area contributed by atoms with Gasteiger partial charge in [-0.05, 0) is 30.5 Å². The molecule has 0 saturated carbocycles. The minimum Gasteiger partial charge on any atom is -0.451 e. The third-order valence-electron chi connectivity index (χ3n) is 4.47. The Morgan fingerprint density at radius 2 is 1.82 bits per heavy atom. The number of esters is 1. The number of nitrogens with zero attached hydrogens (tertiary/aromatic N) is 1. The summed E-state index contributed by atoms with van der Waals surface area (Å²) in [5, 5.41) is 9.59. The molecule has 0 aliphatic rings. The second kappa shape index (κ2) is 8.99. The number of hydrogen-bond acceptors (Lipinski definition) is 4. The Hall–Kier alpha value is -3.41. The van der Waals surface area contributed by atoms with E-state index in [0.29, 0.717) is 5.69 Å². The Kier molecular flexibility index (Phi) is 6.22. The van der Waals surface area contributed by atoms with E-state index in [4.69, 9.17) is 4.74 Å². The third-order valence-corrected chi connectivity index (χ3v) is 4.47. The molecule has 2 N–H and O–H groups in total.